The number of nitro groups is 1. The first-order valence-electron chi connectivity index (χ1n) is 5.87. The van der Waals surface area contributed by atoms with E-state index in [9.17, 15) is 10.1 Å². The zero-order valence-electron chi connectivity index (χ0n) is 10.7. The number of thiocarbonyl (C=S) groups is 1. The zero-order valence-corrected chi connectivity index (χ0v) is 13.1. The summed E-state index contributed by atoms with van der Waals surface area (Å²) >= 11 is 8.49. The lowest BCUT2D eigenvalue weighted by Crippen LogP contribution is -2.33. The van der Waals surface area contributed by atoms with Gasteiger partial charge < -0.3 is 5.32 Å². The third kappa shape index (κ3) is 4.69. The fourth-order valence-corrected chi connectivity index (χ4v) is 2.09. The Morgan fingerprint density at radius 2 is 1.86 bits per heavy atom. The molecule has 0 saturated heterocycles. The molecule has 2 aromatic rings. The van der Waals surface area contributed by atoms with Gasteiger partial charge in [0.15, 0.2) is 5.11 Å². The molecule has 2 aromatic carbocycles. The molecule has 3 N–H and O–H groups in total. The van der Waals surface area contributed by atoms with Crippen LogP contribution in [0.1, 0.15) is 0 Å². The summed E-state index contributed by atoms with van der Waals surface area (Å²) in [6, 6.07) is 13.6. The molecule has 0 saturated carbocycles. The molecule has 0 aliphatic heterocycles. The van der Waals surface area contributed by atoms with Gasteiger partial charge in [0, 0.05) is 22.3 Å². The maximum atomic E-state index is 10.6. The smallest absolute Gasteiger partial charge is 0.269 e. The molecule has 0 fully saturated rings. The topological polar surface area (TPSA) is 79.2 Å². The van der Waals surface area contributed by atoms with Crippen LogP contribution >= 0.6 is 28.1 Å². The second kappa shape index (κ2) is 7.00. The molecule has 0 atom stereocenters. The first-order chi connectivity index (χ1) is 10.0. The fraction of sp³-hybridized carbons (Fsp3) is 0. The first kappa shape index (κ1) is 15.2. The van der Waals surface area contributed by atoms with E-state index in [4.69, 9.17) is 12.2 Å². The minimum Gasteiger partial charge on any atom is -0.331 e. The number of nitrogens with zero attached hydrogens (tertiary/aromatic N) is 1. The van der Waals surface area contributed by atoms with Crippen molar-refractivity contribution in [2.45, 2.75) is 0 Å². The Morgan fingerprint density at radius 3 is 2.48 bits per heavy atom. The molecule has 0 spiro atoms. The van der Waals surface area contributed by atoms with Crippen molar-refractivity contribution in [3.05, 3.63) is 63.1 Å². The Labute approximate surface area is 134 Å². The second-order valence-electron chi connectivity index (χ2n) is 4.02. The molecule has 0 aromatic heterocycles. The van der Waals surface area contributed by atoms with Crippen molar-refractivity contribution in [3.63, 3.8) is 0 Å². The van der Waals surface area contributed by atoms with Gasteiger partial charge in [-0.25, -0.2) is 0 Å². The van der Waals surface area contributed by atoms with E-state index in [-0.39, 0.29) is 5.69 Å². The number of benzene rings is 2. The molecule has 0 bridgehead atoms. The van der Waals surface area contributed by atoms with Crippen LogP contribution in [0.15, 0.2) is 53.0 Å². The van der Waals surface area contributed by atoms with Gasteiger partial charge in [0.05, 0.1) is 10.6 Å². The van der Waals surface area contributed by atoms with Crippen molar-refractivity contribution in [2.24, 2.45) is 0 Å². The summed E-state index contributed by atoms with van der Waals surface area (Å²) in [4.78, 5) is 10.1. The lowest BCUT2D eigenvalue weighted by molar-refractivity contribution is -0.384. The van der Waals surface area contributed by atoms with Crippen molar-refractivity contribution in [3.8, 4) is 0 Å². The van der Waals surface area contributed by atoms with Gasteiger partial charge in [0.1, 0.15) is 0 Å². The molecular weight excluding hydrogens is 356 g/mol. The molecule has 0 heterocycles. The lowest BCUT2D eigenvalue weighted by atomic mass is 10.3. The molecule has 0 unspecified atom stereocenters. The largest absolute Gasteiger partial charge is 0.331 e. The summed E-state index contributed by atoms with van der Waals surface area (Å²) in [5.41, 5.74) is 7.31. The summed E-state index contributed by atoms with van der Waals surface area (Å²) in [6.45, 7) is 0. The van der Waals surface area contributed by atoms with E-state index in [1.807, 2.05) is 24.3 Å². The minimum atomic E-state index is -0.449. The summed E-state index contributed by atoms with van der Waals surface area (Å²) in [6.07, 6.45) is 0. The third-order valence-electron chi connectivity index (χ3n) is 2.48. The van der Waals surface area contributed by atoms with Crippen LogP contribution in [-0.2, 0) is 0 Å². The lowest BCUT2D eigenvalue weighted by Gasteiger charge is -2.12. The Balaban J connectivity index is 1.88. The van der Waals surface area contributed by atoms with Gasteiger partial charge in [-0.3, -0.25) is 21.0 Å². The number of non-ortho nitro benzene ring substituents is 1. The summed E-state index contributed by atoms with van der Waals surface area (Å²) < 4.78 is 0.948. The molecule has 0 radical (unpaired) electrons. The van der Waals surface area contributed by atoms with E-state index in [1.54, 1.807) is 12.1 Å². The van der Waals surface area contributed by atoms with E-state index >= 15 is 0 Å². The standard InChI is InChI=1S/C13H11BrN4O2S/c14-9-2-1-3-11(8-9)16-17-13(21)15-10-4-6-12(7-5-10)18(19)20/h1-8,16H,(H2,15,17,21). The number of nitrogens with one attached hydrogen (secondary N) is 3. The zero-order chi connectivity index (χ0) is 15.2. The molecular formula is C13H11BrN4O2S. The van der Waals surface area contributed by atoms with Crippen LogP contribution in [0, 0.1) is 10.1 Å². The van der Waals surface area contributed by atoms with Crippen LogP contribution in [-0.4, -0.2) is 10.0 Å². The normalized spacial score (nSPS) is 9.76. The number of hydrogen-bond donors (Lipinski definition) is 3. The Bertz CT molecular complexity index is 663. The highest BCUT2D eigenvalue weighted by Gasteiger charge is 2.04. The van der Waals surface area contributed by atoms with Crippen LogP contribution in [0.4, 0.5) is 17.1 Å². The van der Waals surface area contributed by atoms with Crippen LogP contribution in [0.2, 0.25) is 0 Å². The van der Waals surface area contributed by atoms with E-state index in [1.165, 1.54) is 12.1 Å². The highest BCUT2D eigenvalue weighted by atomic mass is 79.9. The van der Waals surface area contributed by atoms with Crippen LogP contribution in [0.25, 0.3) is 0 Å². The summed E-state index contributed by atoms with van der Waals surface area (Å²) in [7, 11) is 0. The second-order valence-corrected chi connectivity index (χ2v) is 5.34. The van der Waals surface area contributed by atoms with Crippen molar-refractivity contribution < 1.29 is 4.92 Å². The Hall–Kier alpha value is -2.19. The van der Waals surface area contributed by atoms with Crippen LogP contribution in [0.5, 0.6) is 0 Å². The number of rotatable bonds is 4. The summed E-state index contributed by atoms with van der Waals surface area (Å²) in [5.74, 6) is 0. The number of nitro benzene ring substituents is 1. The Morgan fingerprint density at radius 1 is 1.14 bits per heavy atom. The molecule has 0 aliphatic rings. The van der Waals surface area contributed by atoms with Gasteiger partial charge in [-0.1, -0.05) is 22.0 Å². The van der Waals surface area contributed by atoms with E-state index < -0.39 is 4.92 Å². The molecule has 21 heavy (non-hydrogen) atoms. The predicted molar refractivity (Wildman–Crippen MR) is 90.2 cm³/mol. The van der Waals surface area contributed by atoms with Gasteiger partial charge in [0.25, 0.3) is 5.69 Å². The fourth-order valence-electron chi connectivity index (χ4n) is 1.52. The molecule has 8 heteroatoms. The molecule has 108 valence electrons. The Kier molecular flexibility index (Phi) is 5.07. The minimum absolute atomic E-state index is 0.0340. The molecule has 0 amide bonds. The average Bonchev–Trinajstić information content (AvgIpc) is 2.46. The monoisotopic (exact) mass is 366 g/mol. The maximum Gasteiger partial charge on any atom is 0.269 e. The maximum absolute atomic E-state index is 10.6. The highest BCUT2D eigenvalue weighted by Crippen LogP contribution is 2.16. The third-order valence-corrected chi connectivity index (χ3v) is 3.18. The van der Waals surface area contributed by atoms with Crippen molar-refractivity contribution in [2.75, 3.05) is 10.7 Å². The molecule has 0 aliphatic carbocycles. The van der Waals surface area contributed by atoms with Crippen LogP contribution < -0.4 is 16.2 Å². The molecule has 2 rings (SSSR count). The number of anilines is 2. The van der Waals surface area contributed by atoms with Crippen molar-refractivity contribution in [1.29, 1.82) is 0 Å². The quantitative estimate of drug-likeness (QED) is 0.435. The van der Waals surface area contributed by atoms with Gasteiger partial charge in [-0.2, -0.15) is 0 Å². The van der Waals surface area contributed by atoms with E-state index in [0.29, 0.717) is 10.8 Å². The number of halogens is 1. The van der Waals surface area contributed by atoms with E-state index in [2.05, 4.69) is 32.1 Å². The SMILES string of the molecule is O=[N+]([O-])c1ccc(NC(=S)NNc2cccc(Br)c2)cc1. The average molecular weight is 367 g/mol. The van der Waals surface area contributed by atoms with Gasteiger partial charge in [-0.05, 0) is 42.5 Å². The molecule has 6 nitrogen and oxygen atoms in total. The number of hydrogen-bond acceptors (Lipinski definition) is 4. The van der Waals surface area contributed by atoms with Gasteiger partial charge in [0.2, 0.25) is 0 Å². The van der Waals surface area contributed by atoms with E-state index in [0.717, 1.165) is 10.2 Å². The predicted octanol–water partition coefficient (Wildman–Crippen LogP) is 3.67. The van der Waals surface area contributed by atoms with Gasteiger partial charge in [-0.15, -0.1) is 0 Å². The summed E-state index contributed by atoms with van der Waals surface area (Å²) in [5, 5.41) is 13.8. The van der Waals surface area contributed by atoms with Crippen LogP contribution in [0.3, 0.4) is 0 Å². The highest BCUT2D eigenvalue weighted by molar-refractivity contribution is 9.10. The first-order valence-corrected chi connectivity index (χ1v) is 7.08. The van der Waals surface area contributed by atoms with Crippen molar-refractivity contribution in [1.82, 2.24) is 5.43 Å². The number of hydrazine groups is 1. The van der Waals surface area contributed by atoms with Crippen molar-refractivity contribution >= 4 is 50.3 Å². The van der Waals surface area contributed by atoms with Gasteiger partial charge >= 0.3 is 0 Å².